The minimum atomic E-state index is -5.12. The summed E-state index contributed by atoms with van der Waals surface area (Å²) >= 11 is 0. The zero-order valence-corrected chi connectivity index (χ0v) is 19.5. The van der Waals surface area contributed by atoms with Crippen molar-refractivity contribution in [3.63, 3.8) is 0 Å². The van der Waals surface area contributed by atoms with Crippen LogP contribution >= 0.6 is 22.5 Å². The zero-order valence-electron chi connectivity index (χ0n) is 16.8. The third-order valence-electron chi connectivity index (χ3n) is 4.85. The number of hydrogen-bond acceptors (Lipinski definition) is 4. The van der Waals surface area contributed by atoms with Crippen LogP contribution < -0.4 is 0 Å². The molecule has 0 rings (SSSR count). The second-order valence-electron chi connectivity index (χ2n) is 7.29. The van der Waals surface area contributed by atoms with E-state index in [1.807, 2.05) is 0 Å². The fourth-order valence-corrected chi connectivity index (χ4v) is 14.4. The van der Waals surface area contributed by atoms with Crippen LogP contribution in [0.3, 0.4) is 0 Å². The van der Waals surface area contributed by atoms with E-state index in [1.165, 1.54) is 0 Å². The predicted octanol–water partition coefficient (Wildman–Crippen LogP) is 5.88. The molecule has 1 unspecified atom stereocenters. The Morgan fingerprint density at radius 2 is 1.00 bits per heavy atom. The number of rotatable bonds is 16. The van der Waals surface area contributed by atoms with E-state index in [0.717, 1.165) is 51.4 Å². The molecule has 160 valence electrons. The van der Waals surface area contributed by atoms with Crippen LogP contribution in [-0.4, -0.2) is 39.3 Å². The van der Waals surface area contributed by atoms with Gasteiger partial charge in [-0.15, -0.1) is 0 Å². The molecule has 0 aliphatic carbocycles. The molecule has 3 N–H and O–H groups in total. The fraction of sp³-hybridized carbons (Fsp3) is 1.00. The van der Waals surface area contributed by atoms with E-state index in [2.05, 4.69) is 32.0 Å². The van der Waals surface area contributed by atoms with Gasteiger partial charge in [0.1, 0.15) is 0 Å². The maximum absolute atomic E-state index is 12.6. The van der Waals surface area contributed by atoms with Crippen LogP contribution in [0.4, 0.5) is 0 Å². The monoisotopic (exact) mass is 436 g/mol. The van der Waals surface area contributed by atoms with Crippen molar-refractivity contribution in [3.05, 3.63) is 0 Å². The van der Waals surface area contributed by atoms with Gasteiger partial charge in [-0.2, -0.15) is 0 Å². The van der Waals surface area contributed by atoms with Gasteiger partial charge in [0.05, 0.1) is 0 Å². The SMILES string of the molecule is CCCCP(CCCC)(CCCC)(CCCC)OP(=O)(O)OP(=O)(O)O. The molecule has 0 aromatic carbocycles. The normalized spacial score (nSPS) is 16.8. The van der Waals surface area contributed by atoms with Crippen LogP contribution in [0.1, 0.15) is 79.1 Å². The van der Waals surface area contributed by atoms with Gasteiger partial charge < -0.3 is 0 Å². The Labute approximate surface area is 159 Å². The summed E-state index contributed by atoms with van der Waals surface area (Å²) in [5.74, 6) is 0. The van der Waals surface area contributed by atoms with Gasteiger partial charge >= 0.3 is 159 Å². The summed E-state index contributed by atoms with van der Waals surface area (Å²) in [6.07, 6.45) is 10.0. The fourth-order valence-electron chi connectivity index (χ4n) is 3.51. The molecule has 0 aromatic rings. The summed E-state index contributed by atoms with van der Waals surface area (Å²) in [5, 5.41) is 0. The first-order valence-corrected chi connectivity index (χ1v) is 15.7. The molecule has 0 saturated heterocycles. The van der Waals surface area contributed by atoms with E-state index in [4.69, 9.17) is 14.1 Å². The first-order valence-electron chi connectivity index (χ1n) is 9.79. The second kappa shape index (κ2) is 11.6. The maximum atomic E-state index is 12.6. The standard InChI is InChI=1S/C16H39O7P3/c1-5-9-13-26(14-10-6-2,15-11-7-3,16-12-8-4)23-25(20,21)22-24(17,18)19/h5-16H2,1-4H3,(H,20,21)(H2,17,18,19). The van der Waals surface area contributed by atoms with Crippen molar-refractivity contribution in [1.29, 1.82) is 0 Å². The zero-order chi connectivity index (χ0) is 20.3. The Balaban J connectivity index is 6.06. The van der Waals surface area contributed by atoms with Gasteiger partial charge in [0, 0.05) is 0 Å². The molecule has 10 heteroatoms. The average molecular weight is 436 g/mol. The molecule has 7 nitrogen and oxygen atoms in total. The Morgan fingerprint density at radius 1 is 0.692 bits per heavy atom. The molecule has 1 atom stereocenters. The molecule has 0 bridgehead atoms. The van der Waals surface area contributed by atoms with E-state index in [1.54, 1.807) is 0 Å². The molecule has 0 aromatic heterocycles. The van der Waals surface area contributed by atoms with Crippen molar-refractivity contribution in [2.24, 2.45) is 0 Å². The Morgan fingerprint density at radius 3 is 1.23 bits per heavy atom. The third-order valence-corrected chi connectivity index (χ3v) is 15.0. The molecule has 0 radical (unpaired) electrons. The Bertz CT molecular complexity index is 449. The van der Waals surface area contributed by atoms with Gasteiger partial charge in [0.2, 0.25) is 0 Å². The van der Waals surface area contributed by atoms with Crippen molar-refractivity contribution < 1.29 is 32.4 Å². The summed E-state index contributed by atoms with van der Waals surface area (Å²) in [6.45, 7) is 5.12. The molecule has 0 fully saturated rings. The van der Waals surface area contributed by atoms with Gasteiger partial charge in [0.25, 0.3) is 0 Å². The van der Waals surface area contributed by atoms with E-state index >= 15 is 0 Å². The van der Waals surface area contributed by atoms with Crippen molar-refractivity contribution in [2.45, 2.75) is 79.1 Å². The minimum absolute atomic E-state index is 0.706. The number of unbranched alkanes of at least 4 members (excludes halogenated alkanes) is 4. The molecule has 26 heavy (non-hydrogen) atoms. The molecule has 0 aliphatic rings. The van der Waals surface area contributed by atoms with Crippen molar-refractivity contribution in [3.8, 4) is 0 Å². The first-order chi connectivity index (χ1) is 12.0. The van der Waals surface area contributed by atoms with Crippen LogP contribution in [0.25, 0.3) is 0 Å². The van der Waals surface area contributed by atoms with Gasteiger partial charge in [-0.1, -0.05) is 0 Å². The van der Waals surface area contributed by atoms with Crippen molar-refractivity contribution in [1.82, 2.24) is 0 Å². The molecule has 0 heterocycles. The van der Waals surface area contributed by atoms with Crippen LogP contribution in [0, 0.1) is 0 Å². The number of phosphoric acid groups is 2. The molecule has 0 aliphatic heterocycles. The molecular formula is C16H39O7P3. The van der Waals surface area contributed by atoms with Crippen molar-refractivity contribution >= 4 is 22.5 Å². The van der Waals surface area contributed by atoms with Crippen molar-refractivity contribution in [2.75, 3.05) is 24.6 Å². The molecular weight excluding hydrogens is 397 g/mol. The van der Waals surface area contributed by atoms with Crippen LogP contribution in [0.5, 0.6) is 0 Å². The Kier molecular flexibility index (Phi) is 11.9. The topological polar surface area (TPSA) is 113 Å². The summed E-state index contributed by atoms with van der Waals surface area (Å²) in [7, 11) is -9.99. The summed E-state index contributed by atoms with van der Waals surface area (Å²) in [6, 6.07) is 0. The molecule has 0 saturated carbocycles. The van der Waals surface area contributed by atoms with Gasteiger partial charge in [0.15, 0.2) is 0 Å². The average Bonchev–Trinajstić information content (AvgIpc) is 2.52. The van der Waals surface area contributed by atoms with Gasteiger partial charge in [-0.3, -0.25) is 0 Å². The van der Waals surface area contributed by atoms with Gasteiger partial charge in [-0.25, -0.2) is 0 Å². The van der Waals surface area contributed by atoms with Gasteiger partial charge in [-0.05, 0) is 0 Å². The summed E-state index contributed by atoms with van der Waals surface area (Å²) < 4.78 is 33.9. The third kappa shape index (κ3) is 9.75. The quantitative estimate of drug-likeness (QED) is 0.259. The van der Waals surface area contributed by atoms with E-state index in [0.29, 0.717) is 24.6 Å². The molecule has 0 amide bonds. The van der Waals surface area contributed by atoms with Crippen LogP contribution in [0.2, 0.25) is 0 Å². The van der Waals surface area contributed by atoms with E-state index in [9.17, 15) is 14.0 Å². The second-order valence-corrected chi connectivity index (χ2v) is 16.0. The molecule has 0 spiro atoms. The predicted molar refractivity (Wildman–Crippen MR) is 110 cm³/mol. The van der Waals surface area contributed by atoms with Crippen LogP contribution in [0.15, 0.2) is 0 Å². The summed E-state index contributed by atoms with van der Waals surface area (Å²) in [5.41, 5.74) is 0. The first kappa shape index (κ1) is 26.7. The van der Waals surface area contributed by atoms with E-state index in [-0.39, 0.29) is 0 Å². The Hall–Kier alpha value is 0.690. The summed E-state index contributed by atoms with van der Waals surface area (Å²) in [4.78, 5) is 28.3. The number of hydrogen-bond donors (Lipinski definition) is 3. The van der Waals surface area contributed by atoms with E-state index < -0.39 is 22.5 Å². The van der Waals surface area contributed by atoms with Crippen LogP contribution in [-0.2, 0) is 17.8 Å².